The van der Waals surface area contributed by atoms with Crippen LogP contribution in [0.5, 0.6) is 5.75 Å². The topological polar surface area (TPSA) is 50.1 Å². The fourth-order valence-corrected chi connectivity index (χ4v) is 1.95. The minimum absolute atomic E-state index is 0.0449. The summed E-state index contributed by atoms with van der Waals surface area (Å²) in [6, 6.07) is 6.92. The zero-order valence-corrected chi connectivity index (χ0v) is 9.33. The quantitative estimate of drug-likeness (QED) is 0.792. The van der Waals surface area contributed by atoms with E-state index in [0.717, 1.165) is 6.42 Å². The summed E-state index contributed by atoms with van der Waals surface area (Å²) in [5.74, 6) is 0.855. The van der Waals surface area contributed by atoms with Gasteiger partial charge in [-0.1, -0.05) is 11.6 Å². The maximum atomic E-state index is 11.1. The summed E-state index contributed by atoms with van der Waals surface area (Å²) in [4.78, 5) is 11.1. The summed E-state index contributed by atoms with van der Waals surface area (Å²) in [7, 11) is 0. The van der Waals surface area contributed by atoms with Crippen molar-refractivity contribution in [2.75, 3.05) is 0 Å². The van der Waals surface area contributed by atoms with Crippen LogP contribution < -0.4 is 4.74 Å². The molecule has 1 aromatic rings. The molecule has 0 bridgehead atoms. The molecule has 16 heavy (non-hydrogen) atoms. The van der Waals surface area contributed by atoms with Gasteiger partial charge in [-0.05, 0) is 18.6 Å². The maximum Gasteiger partial charge on any atom is 0.136 e. The van der Waals surface area contributed by atoms with Crippen molar-refractivity contribution in [3.05, 3.63) is 28.8 Å². The molecule has 1 saturated carbocycles. The minimum Gasteiger partial charge on any atom is -0.490 e. The smallest absolute Gasteiger partial charge is 0.136 e. The molecule has 0 aliphatic heterocycles. The molecule has 1 aliphatic rings. The van der Waals surface area contributed by atoms with Crippen molar-refractivity contribution in [1.29, 1.82) is 5.26 Å². The van der Waals surface area contributed by atoms with Crippen LogP contribution in [0.1, 0.15) is 24.8 Å². The van der Waals surface area contributed by atoms with E-state index in [1.165, 1.54) is 0 Å². The number of Topliss-reactive ketones (excluding diaryl/α,β-unsaturated/α-hetero) is 1. The third kappa shape index (κ3) is 2.34. The standard InChI is InChI=1S/C12H10ClNO2/c13-12-6-11(3-1-8(12)7-14)16-10-4-2-9(15)5-10/h1,3,6,10H,2,4-5H2. The Bertz CT molecular complexity index is 465. The molecule has 0 saturated heterocycles. The zero-order valence-electron chi connectivity index (χ0n) is 8.57. The van der Waals surface area contributed by atoms with Crippen molar-refractivity contribution in [1.82, 2.24) is 0 Å². The van der Waals surface area contributed by atoms with Gasteiger partial charge in [0.1, 0.15) is 23.7 Å². The van der Waals surface area contributed by atoms with E-state index in [4.69, 9.17) is 21.6 Å². The molecule has 1 unspecified atom stereocenters. The Morgan fingerprint density at radius 3 is 2.88 bits per heavy atom. The summed E-state index contributed by atoms with van der Waals surface area (Å²) in [5, 5.41) is 9.09. The van der Waals surface area contributed by atoms with E-state index in [9.17, 15) is 4.79 Å². The van der Waals surface area contributed by atoms with E-state index < -0.39 is 0 Å². The zero-order chi connectivity index (χ0) is 11.5. The Kier molecular flexibility index (Phi) is 3.12. The van der Waals surface area contributed by atoms with Gasteiger partial charge >= 0.3 is 0 Å². The summed E-state index contributed by atoms with van der Waals surface area (Å²) in [5.41, 5.74) is 0.427. The maximum absolute atomic E-state index is 11.1. The molecule has 0 spiro atoms. The molecule has 0 aromatic heterocycles. The number of nitrogens with zero attached hydrogens (tertiary/aromatic N) is 1. The second-order valence-corrected chi connectivity index (χ2v) is 4.18. The van der Waals surface area contributed by atoms with Crippen molar-refractivity contribution in [2.24, 2.45) is 0 Å². The number of ether oxygens (including phenoxy) is 1. The third-order valence-corrected chi connectivity index (χ3v) is 2.88. The molecule has 4 heteroatoms. The number of rotatable bonds is 2. The van der Waals surface area contributed by atoms with Crippen molar-refractivity contribution in [3.8, 4) is 11.8 Å². The van der Waals surface area contributed by atoms with Crippen LogP contribution in [-0.4, -0.2) is 11.9 Å². The van der Waals surface area contributed by atoms with Crippen molar-refractivity contribution in [2.45, 2.75) is 25.4 Å². The van der Waals surface area contributed by atoms with Gasteiger partial charge in [0.25, 0.3) is 0 Å². The van der Waals surface area contributed by atoms with Gasteiger partial charge in [0.15, 0.2) is 0 Å². The average molecular weight is 236 g/mol. The first-order valence-corrected chi connectivity index (χ1v) is 5.45. The number of hydrogen-bond acceptors (Lipinski definition) is 3. The van der Waals surface area contributed by atoms with Crippen LogP contribution >= 0.6 is 11.6 Å². The molecule has 0 radical (unpaired) electrons. The van der Waals surface area contributed by atoms with Gasteiger partial charge in [0.05, 0.1) is 10.6 Å². The van der Waals surface area contributed by atoms with E-state index in [1.54, 1.807) is 18.2 Å². The van der Waals surface area contributed by atoms with E-state index >= 15 is 0 Å². The Morgan fingerprint density at radius 2 is 2.31 bits per heavy atom. The number of ketones is 1. The van der Waals surface area contributed by atoms with Gasteiger partial charge < -0.3 is 4.74 Å². The van der Waals surface area contributed by atoms with Gasteiger partial charge in [0, 0.05) is 18.9 Å². The van der Waals surface area contributed by atoms with E-state index in [2.05, 4.69) is 0 Å². The third-order valence-electron chi connectivity index (χ3n) is 2.56. The highest BCUT2D eigenvalue weighted by Crippen LogP contribution is 2.26. The molecule has 1 aliphatic carbocycles. The Morgan fingerprint density at radius 1 is 1.50 bits per heavy atom. The lowest BCUT2D eigenvalue weighted by molar-refractivity contribution is -0.117. The van der Waals surface area contributed by atoms with Crippen LogP contribution in [0, 0.1) is 11.3 Å². The second-order valence-electron chi connectivity index (χ2n) is 3.77. The lowest BCUT2D eigenvalue weighted by atomic mass is 10.2. The molecule has 1 fully saturated rings. The average Bonchev–Trinajstić information content (AvgIpc) is 2.64. The first-order valence-electron chi connectivity index (χ1n) is 5.07. The number of benzene rings is 1. The molecule has 1 aromatic carbocycles. The van der Waals surface area contributed by atoms with E-state index in [0.29, 0.717) is 29.2 Å². The van der Waals surface area contributed by atoms with Crippen molar-refractivity contribution in [3.63, 3.8) is 0 Å². The first-order chi connectivity index (χ1) is 7.69. The number of hydrogen-bond donors (Lipinski definition) is 0. The molecular formula is C12H10ClNO2. The van der Waals surface area contributed by atoms with Crippen LogP contribution in [0.4, 0.5) is 0 Å². The Labute approximate surface area is 98.6 Å². The molecule has 2 rings (SSSR count). The van der Waals surface area contributed by atoms with Gasteiger partial charge in [-0.3, -0.25) is 4.79 Å². The van der Waals surface area contributed by atoms with Crippen LogP contribution in [-0.2, 0) is 4.79 Å². The second kappa shape index (κ2) is 4.54. The molecule has 1 atom stereocenters. The molecule has 0 N–H and O–H groups in total. The molecule has 3 nitrogen and oxygen atoms in total. The Hall–Kier alpha value is -1.53. The van der Waals surface area contributed by atoms with Crippen LogP contribution in [0.25, 0.3) is 0 Å². The highest BCUT2D eigenvalue weighted by Gasteiger charge is 2.23. The normalized spacial score (nSPS) is 19.5. The highest BCUT2D eigenvalue weighted by molar-refractivity contribution is 6.31. The fourth-order valence-electron chi connectivity index (χ4n) is 1.73. The number of nitriles is 1. The minimum atomic E-state index is -0.0449. The summed E-state index contributed by atoms with van der Waals surface area (Å²) in [6.07, 6.45) is 1.78. The molecular weight excluding hydrogens is 226 g/mol. The highest BCUT2D eigenvalue weighted by atomic mass is 35.5. The molecule has 0 amide bonds. The number of halogens is 1. The summed E-state index contributed by atoms with van der Waals surface area (Å²) < 4.78 is 5.61. The van der Waals surface area contributed by atoms with Crippen molar-refractivity contribution >= 4 is 17.4 Å². The number of carbonyl (C=O) groups excluding carboxylic acids is 1. The van der Waals surface area contributed by atoms with E-state index in [-0.39, 0.29) is 11.9 Å². The monoisotopic (exact) mass is 235 g/mol. The van der Waals surface area contributed by atoms with Crippen LogP contribution in [0.15, 0.2) is 18.2 Å². The lowest BCUT2D eigenvalue weighted by Crippen LogP contribution is -2.12. The van der Waals surface area contributed by atoms with Crippen LogP contribution in [0.2, 0.25) is 5.02 Å². The van der Waals surface area contributed by atoms with E-state index in [1.807, 2.05) is 6.07 Å². The van der Waals surface area contributed by atoms with Gasteiger partial charge in [0.2, 0.25) is 0 Å². The van der Waals surface area contributed by atoms with Gasteiger partial charge in [-0.2, -0.15) is 5.26 Å². The summed E-state index contributed by atoms with van der Waals surface area (Å²) >= 11 is 5.87. The first kappa shape index (κ1) is 11.0. The predicted molar refractivity (Wildman–Crippen MR) is 59.4 cm³/mol. The Balaban J connectivity index is 2.08. The predicted octanol–water partition coefficient (Wildman–Crippen LogP) is 2.71. The van der Waals surface area contributed by atoms with Crippen molar-refractivity contribution < 1.29 is 9.53 Å². The molecule has 82 valence electrons. The summed E-state index contributed by atoms with van der Waals surface area (Å²) in [6.45, 7) is 0. The SMILES string of the molecule is N#Cc1ccc(OC2CCC(=O)C2)cc1Cl. The van der Waals surface area contributed by atoms with Gasteiger partial charge in [-0.25, -0.2) is 0 Å². The van der Waals surface area contributed by atoms with Gasteiger partial charge in [-0.15, -0.1) is 0 Å². The lowest BCUT2D eigenvalue weighted by Gasteiger charge is -2.12. The molecule has 0 heterocycles. The number of carbonyl (C=O) groups is 1. The largest absolute Gasteiger partial charge is 0.490 e. The fraction of sp³-hybridized carbons (Fsp3) is 0.333. The van der Waals surface area contributed by atoms with Crippen LogP contribution in [0.3, 0.4) is 0 Å².